The van der Waals surface area contributed by atoms with E-state index in [2.05, 4.69) is 27.4 Å². The van der Waals surface area contributed by atoms with Crippen molar-refractivity contribution in [1.82, 2.24) is 20.3 Å². The summed E-state index contributed by atoms with van der Waals surface area (Å²) in [6.45, 7) is 2.08. The molecule has 2 aromatic heterocycles. The lowest BCUT2D eigenvalue weighted by Gasteiger charge is -2.08. The summed E-state index contributed by atoms with van der Waals surface area (Å²) >= 11 is 0. The Kier molecular flexibility index (Phi) is 3.09. The molecule has 0 spiro atoms. The Morgan fingerprint density at radius 3 is 2.52 bits per heavy atom. The van der Waals surface area contributed by atoms with Gasteiger partial charge in [-0.2, -0.15) is 0 Å². The number of fused-ring (bicyclic) bond motifs is 2. The zero-order valence-corrected chi connectivity index (χ0v) is 11.7. The van der Waals surface area contributed by atoms with Gasteiger partial charge in [-0.05, 0) is 61.3 Å². The van der Waals surface area contributed by atoms with E-state index in [9.17, 15) is 0 Å². The van der Waals surface area contributed by atoms with Crippen LogP contribution in [0.1, 0.15) is 11.1 Å². The van der Waals surface area contributed by atoms with Gasteiger partial charge in [0.1, 0.15) is 0 Å². The van der Waals surface area contributed by atoms with E-state index in [1.807, 2.05) is 24.5 Å². The van der Waals surface area contributed by atoms with E-state index in [-0.39, 0.29) is 0 Å². The molecule has 0 atom stereocenters. The zero-order chi connectivity index (χ0) is 14.1. The van der Waals surface area contributed by atoms with Crippen LogP contribution in [0.15, 0.2) is 42.9 Å². The molecule has 1 N–H and O–H groups in total. The van der Waals surface area contributed by atoms with Crippen molar-refractivity contribution in [2.45, 2.75) is 12.8 Å². The third kappa shape index (κ3) is 2.38. The van der Waals surface area contributed by atoms with Gasteiger partial charge in [-0.25, -0.2) is 4.98 Å². The molecule has 0 radical (unpaired) electrons. The van der Waals surface area contributed by atoms with Crippen LogP contribution in [-0.4, -0.2) is 28.0 Å². The summed E-state index contributed by atoms with van der Waals surface area (Å²) in [5, 5.41) is 3.44. The average molecular weight is 276 g/mol. The van der Waals surface area contributed by atoms with Crippen LogP contribution in [0.25, 0.3) is 22.3 Å². The summed E-state index contributed by atoms with van der Waals surface area (Å²) in [5.41, 5.74) is 6.62. The summed E-state index contributed by atoms with van der Waals surface area (Å²) in [6, 6.07) is 8.32. The number of benzene rings is 1. The Labute approximate surface area is 123 Å². The normalized spacial score (nSPS) is 14.7. The van der Waals surface area contributed by atoms with E-state index >= 15 is 0 Å². The van der Waals surface area contributed by atoms with Gasteiger partial charge in [0.2, 0.25) is 0 Å². The molecule has 1 aliphatic rings. The molecule has 0 unspecified atom stereocenters. The van der Waals surface area contributed by atoms with E-state index in [4.69, 9.17) is 4.98 Å². The smallest absolute Gasteiger partial charge is 0.0908 e. The highest BCUT2D eigenvalue weighted by atomic mass is 14.9. The number of hydrogen-bond acceptors (Lipinski definition) is 4. The van der Waals surface area contributed by atoms with Crippen LogP contribution < -0.4 is 5.32 Å². The van der Waals surface area contributed by atoms with Crippen LogP contribution in [0.4, 0.5) is 0 Å². The molecule has 4 heteroatoms. The highest BCUT2D eigenvalue weighted by molar-refractivity contribution is 5.79. The summed E-state index contributed by atoms with van der Waals surface area (Å²) in [4.78, 5) is 13.5. The Balaban J connectivity index is 1.84. The molecule has 0 aliphatic carbocycles. The van der Waals surface area contributed by atoms with E-state index < -0.39 is 0 Å². The third-order valence-electron chi connectivity index (χ3n) is 3.96. The maximum atomic E-state index is 4.76. The molecule has 3 aromatic rings. The first-order valence-electron chi connectivity index (χ1n) is 7.30. The number of nitrogens with zero attached hydrogens (tertiary/aromatic N) is 3. The fraction of sp³-hybridized carbons (Fsp3) is 0.235. The molecular weight excluding hydrogens is 260 g/mol. The molecule has 104 valence electrons. The second-order valence-electron chi connectivity index (χ2n) is 5.36. The van der Waals surface area contributed by atoms with Gasteiger partial charge in [0.15, 0.2) is 0 Å². The van der Waals surface area contributed by atoms with E-state index in [0.717, 1.165) is 48.2 Å². The average Bonchev–Trinajstić information content (AvgIpc) is 2.78. The molecule has 0 saturated carbocycles. The molecule has 4 rings (SSSR count). The monoisotopic (exact) mass is 276 g/mol. The van der Waals surface area contributed by atoms with Crippen molar-refractivity contribution in [2.75, 3.05) is 13.1 Å². The summed E-state index contributed by atoms with van der Waals surface area (Å²) in [6.07, 6.45) is 7.55. The zero-order valence-electron chi connectivity index (χ0n) is 11.7. The van der Waals surface area contributed by atoms with Gasteiger partial charge in [0, 0.05) is 18.0 Å². The highest BCUT2D eigenvalue weighted by Gasteiger charge is 2.11. The summed E-state index contributed by atoms with van der Waals surface area (Å²) in [7, 11) is 0. The maximum Gasteiger partial charge on any atom is 0.0908 e. The predicted octanol–water partition coefficient (Wildman–Crippen LogP) is 2.38. The van der Waals surface area contributed by atoms with Gasteiger partial charge in [-0.1, -0.05) is 0 Å². The fourth-order valence-corrected chi connectivity index (χ4v) is 2.84. The van der Waals surface area contributed by atoms with Crippen molar-refractivity contribution in [2.24, 2.45) is 0 Å². The van der Waals surface area contributed by atoms with Gasteiger partial charge < -0.3 is 5.32 Å². The minimum absolute atomic E-state index is 0.877. The molecule has 21 heavy (non-hydrogen) atoms. The topological polar surface area (TPSA) is 50.7 Å². The molecule has 4 nitrogen and oxygen atoms in total. The molecule has 1 aliphatic heterocycles. The SMILES string of the molecule is c1cncc(-c2cnc3cc4c(cc3n2)CCNCC4)c1. The third-order valence-corrected chi connectivity index (χ3v) is 3.96. The Bertz CT molecular complexity index is 783. The molecule has 3 heterocycles. The molecule has 0 saturated heterocycles. The van der Waals surface area contributed by atoms with Crippen molar-refractivity contribution < 1.29 is 0 Å². The highest BCUT2D eigenvalue weighted by Crippen LogP contribution is 2.22. The standard InChI is InChI=1S/C17H16N4/c1-2-14(10-19-5-1)17-11-20-15-8-12-3-6-18-7-4-13(12)9-16(15)21-17/h1-2,5,8-11,18H,3-4,6-7H2. The van der Waals surface area contributed by atoms with Crippen molar-refractivity contribution in [3.8, 4) is 11.3 Å². The largest absolute Gasteiger partial charge is 0.316 e. The van der Waals surface area contributed by atoms with Gasteiger partial charge in [-0.3, -0.25) is 9.97 Å². The number of rotatable bonds is 1. The van der Waals surface area contributed by atoms with Crippen LogP contribution >= 0.6 is 0 Å². The van der Waals surface area contributed by atoms with E-state index in [0.29, 0.717) is 0 Å². The van der Waals surface area contributed by atoms with Crippen LogP contribution in [0.3, 0.4) is 0 Å². The van der Waals surface area contributed by atoms with Gasteiger partial charge in [-0.15, -0.1) is 0 Å². The van der Waals surface area contributed by atoms with Crippen LogP contribution in [0.2, 0.25) is 0 Å². The minimum Gasteiger partial charge on any atom is -0.316 e. The quantitative estimate of drug-likeness (QED) is 0.741. The molecule has 1 aromatic carbocycles. The maximum absolute atomic E-state index is 4.76. The van der Waals surface area contributed by atoms with Crippen LogP contribution in [-0.2, 0) is 12.8 Å². The molecule has 0 amide bonds. The number of pyridine rings is 1. The molecular formula is C17H16N4. The second kappa shape index (κ2) is 5.22. The van der Waals surface area contributed by atoms with Crippen molar-refractivity contribution in [3.05, 3.63) is 54.0 Å². The molecule has 0 bridgehead atoms. The van der Waals surface area contributed by atoms with Crippen molar-refractivity contribution in [1.29, 1.82) is 0 Å². The van der Waals surface area contributed by atoms with Gasteiger partial charge >= 0.3 is 0 Å². The molecule has 0 fully saturated rings. The Hall–Kier alpha value is -2.33. The van der Waals surface area contributed by atoms with Crippen LogP contribution in [0, 0.1) is 0 Å². The number of aromatic nitrogens is 3. The first-order chi connectivity index (χ1) is 10.4. The minimum atomic E-state index is 0.877. The van der Waals surface area contributed by atoms with Crippen molar-refractivity contribution >= 4 is 11.0 Å². The lowest BCUT2D eigenvalue weighted by atomic mass is 10.0. The first kappa shape index (κ1) is 12.4. The van der Waals surface area contributed by atoms with Gasteiger partial charge in [0.25, 0.3) is 0 Å². The second-order valence-corrected chi connectivity index (χ2v) is 5.36. The van der Waals surface area contributed by atoms with E-state index in [1.54, 1.807) is 6.20 Å². The lowest BCUT2D eigenvalue weighted by molar-refractivity contribution is 0.711. The van der Waals surface area contributed by atoms with E-state index in [1.165, 1.54) is 11.1 Å². The van der Waals surface area contributed by atoms with Crippen LogP contribution in [0.5, 0.6) is 0 Å². The number of hydrogen-bond donors (Lipinski definition) is 1. The lowest BCUT2D eigenvalue weighted by Crippen LogP contribution is -2.16. The first-order valence-corrected chi connectivity index (χ1v) is 7.30. The summed E-state index contributed by atoms with van der Waals surface area (Å²) < 4.78 is 0. The fourth-order valence-electron chi connectivity index (χ4n) is 2.84. The summed E-state index contributed by atoms with van der Waals surface area (Å²) in [5.74, 6) is 0. The number of nitrogens with one attached hydrogen (secondary N) is 1. The van der Waals surface area contributed by atoms with Crippen molar-refractivity contribution in [3.63, 3.8) is 0 Å². The Morgan fingerprint density at radius 1 is 0.952 bits per heavy atom. The van der Waals surface area contributed by atoms with Gasteiger partial charge in [0.05, 0.1) is 22.9 Å². The predicted molar refractivity (Wildman–Crippen MR) is 83.0 cm³/mol. The Morgan fingerprint density at radius 2 is 1.76 bits per heavy atom.